The maximum atomic E-state index is 11.7. The molecule has 6 nitrogen and oxygen atoms in total. The predicted molar refractivity (Wildman–Crippen MR) is 98.4 cm³/mol. The lowest BCUT2D eigenvalue weighted by Gasteiger charge is -2.07. The molecule has 7 heteroatoms. The third-order valence-corrected chi connectivity index (χ3v) is 4.33. The molecule has 0 radical (unpaired) electrons. The second-order valence-corrected chi connectivity index (χ2v) is 6.29. The number of nitrogens with one attached hydrogen (secondary N) is 1. The van der Waals surface area contributed by atoms with E-state index in [-0.39, 0.29) is 11.6 Å². The number of non-ortho nitro benzene ring substituents is 1. The van der Waals surface area contributed by atoms with E-state index < -0.39 is 4.92 Å². The predicted octanol–water partition coefficient (Wildman–Crippen LogP) is 3.16. The summed E-state index contributed by atoms with van der Waals surface area (Å²) < 4.78 is 5.50. The molecule has 0 saturated carbocycles. The third kappa shape index (κ3) is 7.36. The molecule has 2 rings (SSSR count). The first-order valence-corrected chi connectivity index (χ1v) is 9.00. The number of benzene rings is 2. The fourth-order valence-electron chi connectivity index (χ4n) is 2.05. The highest BCUT2D eigenvalue weighted by atomic mass is 32.2. The molecule has 0 saturated heterocycles. The SMILES string of the molecule is O=C(CSCc1ccc([N+](=O)[O-])cc1)NCCOCc1ccccc1. The number of nitrogens with zero attached hydrogens (tertiary/aromatic N) is 1. The largest absolute Gasteiger partial charge is 0.375 e. The molecule has 0 fully saturated rings. The maximum absolute atomic E-state index is 11.7. The van der Waals surface area contributed by atoms with Gasteiger partial charge in [-0.1, -0.05) is 42.5 Å². The molecule has 2 aromatic carbocycles. The first-order valence-electron chi connectivity index (χ1n) is 7.84. The molecule has 25 heavy (non-hydrogen) atoms. The normalized spacial score (nSPS) is 10.4. The molecule has 0 heterocycles. The second-order valence-electron chi connectivity index (χ2n) is 5.30. The topological polar surface area (TPSA) is 81.5 Å². The van der Waals surface area contributed by atoms with Crippen LogP contribution in [0, 0.1) is 10.1 Å². The van der Waals surface area contributed by atoms with Gasteiger partial charge in [0.1, 0.15) is 0 Å². The van der Waals surface area contributed by atoms with Gasteiger partial charge >= 0.3 is 0 Å². The monoisotopic (exact) mass is 360 g/mol. The quantitative estimate of drug-likeness (QED) is 0.400. The molecule has 0 aliphatic heterocycles. The van der Waals surface area contributed by atoms with Gasteiger partial charge in [-0.05, 0) is 11.1 Å². The van der Waals surface area contributed by atoms with Crippen molar-refractivity contribution in [3.63, 3.8) is 0 Å². The zero-order valence-corrected chi connectivity index (χ0v) is 14.5. The highest BCUT2D eigenvalue weighted by molar-refractivity contribution is 7.99. The molecule has 0 aromatic heterocycles. The van der Waals surface area contributed by atoms with Gasteiger partial charge in [0.25, 0.3) is 5.69 Å². The molecule has 0 aliphatic carbocycles. The number of ether oxygens (including phenoxy) is 1. The summed E-state index contributed by atoms with van der Waals surface area (Å²) >= 11 is 1.47. The third-order valence-electron chi connectivity index (χ3n) is 3.33. The van der Waals surface area contributed by atoms with Gasteiger partial charge in [-0.15, -0.1) is 11.8 Å². The minimum atomic E-state index is -0.426. The van der Waals surface area contributed by atoms with Crippen LogP contribution in [-0.2, 0) is 21.9 Å². The van der Waals surface area contributed by atoms with Gasteiger partial charge in [-0.2, -0.15) is 0 Å². The van der Waals surface area contributed by atoms with E-state index in [1.165, 1.54) is 23.9 Å². The van der Waals surface area contributed by atoms with Crippen molar-refractivity contribution in [2.24, 2.45) is 0 Å². The van der Waals surface area contributed by atoms with Crippen LogP contribution < -0.4 is 5.32 Å². The van der Waals surface area contributed by atoms with Crippen LogP contribution in [0.1, 0.15) is 11.1 Å². The van der Waals surface area contributed by atoms with E-state index in [9.17, 15) is 14.9 Å². The minimum absolute atomic E-state index is 0.0461. The molecule has 0 bridgehead atoms. The van der Waals surface area contributed by atoms with E-state index in [1.54, 1.807) is 12.1 Å². The minimum Gasteiger partial charge on any atom is -0.375 e. The fourth-order valence-corrected chi connectivity index (χ4v) is 2.87. The number of amides is 1. The number of thioether (sulfide) groups is 1. The summed E-state index contributed by atoms with van der Waals surface area (Å²) in [5.74, 6) is 0.932. The van der Waals surface area contributed by atoms with Gasteiger partial charge in [-0.25, -0.2) is 0 Å². The Kier molecular flexibility index (Phi) is 7.94. The summed E-state index contributed by atoms with van der Waals surface area (Å²) in [5.41, 5.74) is 2.13. The summed E-state index contributed by atoms with van der Waals surface area (Å²) in [7, 11) is 0. The Hall–Kier alpha value is -2.38. The Labute approximate surface area is 150 Å². The molecule has 0 unspecified atom stereocenters. The maximum Gasteiger partial charge on any atom is 0.269 e. The van der Waals surface area contributed by atoms with Crippen molar-refractivity contribution in [1.82, 2.24) is 5.32 Å². The number of carbonyl (C=O) groups is 1. The van der Waals surface area contributed by atoms with E-state index >= 15 is 0 Å². The van der Waals surface area contributed by atoms with Crippen molar-refractivity contribution in [3.05, 3.63) is 75.8 Å². The highest BCUT2D eigenvalue weighted by Crippen LogP contribution is 2.16. The fraction of sp³-hybridized carbons (Fsp3) is 0.278. The molecule has 1 N–H and O–H groups in total. The Balaban J connectivity index is 1.54. The molecule has 0 spiro atoms. The van der Waals surface area contributed by atoms with Crippen LogP contribution in [0.15, 0.2) is 54.6 Å². The van der Waals surface area contributed by atoms with Crippen molar-refractivity contribution in [3.8, 4) is 0 Å². The van der Waals surface area contributed by atoms with Gasteiger partial charge in [0.05, 0.1) is 23.9 Å². The van der Waals surface area contributed by atoms with Gasteiger partial charge < -0.3 is 10.1 Å². The van der Waals surface area contributed by atoms with Crippen LogP contribution >= 0.6 is 11.8 Å². The average Bonchev–Trinajstić information content (AvgIpc) is 2.63. The molecule has 0 atom stereocenters. The van der Waals surface area contributed by atoms with Crippen LogP contribution in [0.3, 0.4) is 0 Å². The lowest BCUT2D eigenvalue weighted by atomic mass is 10.2. The highest BCUT2D eigenvalue weighted by Gasteiger charge is 2.05. The summed E-state index contributed by atoms with van der Waals surface area (Å²) in [5, 5.41) is 13.4. The van der Waals surface area contributed by atoms with E-state index in [0.29, 0.717) is 31.3 Å². The second kappa shape index (κ2) is 10.5. The average molecular weight is 360 g/mol. The lowest BCUT2D eigenvalue weighted by molar-refractivity contribution is -0.384. The zero-order valence-electron chi connectivity index (χ0n) is 13.7. The Morgan fingerprint density at radius 3 is 2.48 bits per heavy atom. The van der Waals surface area contributed by atoms with Crippen molar-refractivity contribution >= 4 is 23.4 Å². The van der Waals surface area contributed by atoms with Crippen molar-refractivity contribution in [2.75, 3.05) is 18.9 Å². The molecular formula is C18H20N2O4S. The van der Waals surface area contributed by atoms with Crippen LogP contribution in [0.4, 0.5) is 5.69 Å². The van der Waals surface area contributed by atoms with Crippen molar-refractivity contribution in [1.29, 1.82) is 0 Å². The van der Waals surface area contributed by atoms with E-state index in [4.69, 9.17) is 4.74 Å². The van der Waals surface area contributed by atoms with E-state index in [1.807, 2.05) is 30.3 Å². The number of rotatable bonds is 10. The molecule has 1 amide bonds. The number of nitro benzene ring substituents is 1. The summed E-state index contributed by atoms with van der Waals surface area (Å²) in [6.07, 6.45) is 0. The Bertz CT molecular complexity index is 677. The summed E-state index contributed by atoms with van der Waals surface area (Å²) in [4.78, 5) is 21.9. The summed E-state index contributed by atoms with van der Waals surface area (Å²) in [6, 6.07) is 16.2. The Morgan fingerprint density at radius 1 is 1.08 bits per heavy atom. The van der Waals surface area contributed by atoms with Crippen molar-refractivity contribution in [2.45, 2.75) is 12.4 Å². The smallest absolute Gasteiger partial charge is 0.269 e. The zero-order chi connectivity index (χ0) is 17.9. The molecule has 2 aromatic rings. The van der Waals surface area contributed by atoms with Gasteiger partial charge in [-0.3, -0.25) is 14.9 Å². The molecule has 0 aliphatic rings. The lowest BCUT2D eigenvalue weighted by Crippen LogP contribution is -2.28. The van der Waals surface area contributed by atoms with Crippen molar-refractivity contribution < 1.29 is 14.5 Å². The first-order chi connectivity index (χ1) is 12.1. The van der Waals surface area contributed by atoms with E-state index in [2.05, 4.69) is 5.32 Å². The van der Waals surface area contributed by atoms with Crippen LogP contribution in [-0.4, -0.2) is 29.7 Å². The van der Waals surface area contributed by atoms with Gasteiger partial charge in [0.15, 0.2) is 0 Å². The van der Waals surface area contributed by atoms with Crippen LogP contribution in [0.5, 0.6) is 0 Å². The van der Waals surface area contributed by atoms with Crippen LogP contribution in [0.25, 0.3) is 0 Å². The first kappa shape index (κ1) is 19.0. The standard InChI is InChI=1S/C18H20N2O4S/c21-18(19-10-11-24-12-15-4-2-1-3-5-15)14-25-13-16-6-8-17(9-7-16)20(22)23/h1-9H,10-14H2,(H,19,21). The number of carbonyl (C=O) groups excluding carboxylic acids is 1. The number of nitro groups is 1. The molecule has 132 valence electrons. The van der Waals surface area contributed by atoms with Crippen LogP contribution in [0.2, 0.25) is 0 Å². The Morgan fingerprint density at radius 2 is 1.80 bits per heavy atom. The van der Waals surface area contributed by atoms with Gasteiger partial charge in [0.2, 0.25) is 5.91 Å². The molecular weight excluding hydrogens is 340 g/mol. The number of hydrogen-bond donors (Lipinski definition) is 1. The summed E-state index contributed by atoms with van der Waals surface area (Å²) in [6.45, 7) is 1.48. The van der Waals surface area contributed by atoms with Gasteiger partial charge in [0, 0.05) is 24.4 Å². The van der Waals surface area contributed by atoms with E-state index in [0.717, 1.165) is 11.1 Å². The number of hydrogen-bond acceptors (Lipinski definition) is 5.